The molecular weight excluding hydrogens is 312 g/mol. The van der Waals surface area contributed by atoms with Gasteiger partial charge in [0.25, 0.3) is 0 Å². The van der Waals surface area contributed by atoms with Gasteiger partial charge in [-0.1, -0.05) is 30.3 Å². The Morgan fingerprint density at radius 2 is 2.04 bits per heavy atom. The van der Waals surface area contributed by atoms with Crippen molar-refractivity contribution in [3.8, 4) is 0 Å². The van der Waals surface area contributed by atoms with E-state index in [0.717, 1.165) is 38.6 Å². The molecule has 1 aromatic heterocycles. The molecule has 1 saturated carbocycles. The van der Waals surface area contributed by atoms with Gasteiger partial charge in [-0.15, -0.1) is 0 Å². The molecule has 2 aromatic rings. The molecule has 132 valence electrons. The van der Waals surface area contributed by atoms with Crippen LogP contribution in [0, 0.1) is 0 Å². The summed E-state index contributed by atoms with van der Waals surface area (Å²) in [6, 6.07) is 11.0. The molecule has 0 radical (unpaired) electrons. The minimum absolute atomic E-state index is 0.0540. The molecule has 4 rings (SSSR count). The number of nitrogens with zero attached hydrogens (tertiary/aromatic N) is 3. The van der Waals surface area contributed by atoms with E-state index in [1.54, 1.807) is 0 Å². The predicted octanol–water partition coefficient (Wildman–Crippen LogP) is 3.50. The number of amides is 2. The van der Waals surface area contributed by atoms with Crippen LogP contribution in [0.1, 0.15) is 55.0 Å². The van der Waals surface area contributed by atoms with Crippen LogP contribution >= 0.6 is 0 Å². The van der Waals surface area contributed by atoms with Gasteiger partial charge in [0.2, 0.25) is 0 Å². The summed E-state index contributed by atoms with van der Waals surface area (Å²) in [6.07, 6.45) is 8.57. The summed E-state index contributed by atoms with van der Waals surface area (Å²) in [5.74, 6) is 0. The van der Waals surface area contributed by atoms with Gasteiger partial charge >= 0.3 is 6.03 Å². The van der Waals surface area contributed by atoms with E-state index in [0.29, 0.717) is 6.04 Å². The monoisotopic (exact) mass is 338 g/mol. The molecule has 2 amide bonds. The first kappa shape index (κ1) is 16.2. The molecule has 0 bridgehead atoms. The lowest BCUT2D eigenvalue weighted by molar-refractivity contribution is 0.153. The van der Waals surface area contributed by atoms with E-state index in [4.69, 9.17) is 0 Å². The first-order valence-electron chi connectivity index (χ1n) is 9.34. The van der Waals surface area contributed by atoms with Gasteiger partial charge in [0.1, 0.15) is 0 Å². The summed E-state index contributed by atoms with van der Waals surface area (Å²) in [4.78, 5) is 14.4. The van der Waals surface area contributed by atoms with Crippen molar-refractivity contribution in [2.24, 2.45) is 0 Å². The number of carbonyl (C=O) groups excluding carboxylic acids is 1. The quantitative estimate of drug-likeness (QED) is 0.927. The van der Waals surface area contributed by atoms with E-state index in [9.17, 15) is 4.79 Å². The highest BCUT2D eigenvalue weighted by atomic mass is 16.2. The molecule has 2 aliphatic rings. The highest BCUT2D eigenvalue weighted by molar-refractivity contribution is 5.75. The third-order valence-electron chi connectivity index (χ3n) is 5.68. The second kappa shape index (κ2) is 6.90. The van der Waals surface area contributed by atoms with Gasteiger partial charge in [0.05, 0.1) is 18.8 Å². The number of hydrogen-bond acceptors (Lipinski definition) is 2. The fourth-order valence-electron chi connectivity index (χ4n) is 3.85. The van der Waals surface area contributed by atoms with E-state index in [2.05, 4.69) is 39.4 Å². The van der Waals surface area contributed by atoms with Gasteiger partial charge in [-0.2, -0.15) is 5.10 Å². The molecule has 1 heterocycles. The zero-order chi connectivity index (χ0) is 17.2. The number of benzene rings is 1. The molecule has 5 heteroatoms. The van der Waals surface area contributed by atoms with E-state index in [1.165, 1.54) is 23.2 Å². The van der Waals surface area contributed by atoms with Crippen LogP contribution in [0.3, 0.4) is 0 Å². The van der Waals surface area contributed by atoms with E-state index >= 15 is 0 Å². The van der Waals surface area contributed by atoms with Gasteiger partial charge in [0.15, 0.2) is 0 Å². The fraction of sp³-hybridized carbons (Fsp3) is 0.500. The first-order chi connectivity index (χ1) is 12.2. The molecule has 25 heavy (non-hydrogen) atoms. The fourth-order valence-corrected chi connectivity index (χ4v) is 3.85. The molecule has 1 N–H and O–H groups in total. The molecule has 2 aliphatic carbocycles. The molecule has 0 aliphatic heterocycles. The van der Waals surface area contributed by atoms with Crippen LogP contribution in [-0.4, -0.2) is 33.8 Å². The van der Waals surface area contributed by atoms with Crippen molar-refractivity contribution in [1.29, 1.82) is 0 Å². The number of nitrogens with one attached hydrogen (secondary N) is 1. The molecule has 1 unspecified atom stereocenters. The van der Waals surface area contributed by atoms with Crippen molar-refractivity contribution in [2.45, 2.75) is 57.2 Å². The maximum Gasteiger partial charge on any atom is 0.317 e. The summed E-state index contributed by atoms with van der Waals surface area (Å²) < 4.78 is 2.10. The number of fused-ring (bicyclic) bond motifs is 1. The third kappa shape index (κ3) is 3.28. The predicted molar refractivity (Wildman–Crippen MR) is 97.4 cm³/mol. The zero-order valence-corrected chi connectivity index (χ0v) is 14.8. The van der Waals surface area contributed by atoms with Crippen molar-refractivity contribution in [3.05, 3.63) is 53.3 Å². The molecule has 1 fully saturated rings. The van der Waals surface area contributed by atoms with Gasteiger partial charge in [-0.05, 0) is 44.1 Å². The Morgan fingerprint density at radius 3 is 2.76 bits per heavy atom. The lowest BCUT2D eigenvalue weighted by Gasteiger charge is -2.36. The molecule has 0 spiro atoms. The van der Waals surface area contributed by atoms with Crippen molar-refractivity contribution in [3.63, 3.8) is 0 Å². The van der Waals surface area contributed by atoms with Crippen molar-refractivity contribution in [1.82, 2.24) is 20.0 Å². The van der Waals surface area contributed by atoms with E-state index in [-0.39, 0.29) is 12.1 Å². The standard InChI is InChI=1S/C20H26N4O/c1-23(16-9-5-10-16)20(25)22-18-11-6-12-19-17(18)13-21-24(19)14-15-7-3-2-4-8-15/h2-4,7-8,13,16,18H,5-6,9-12,14H2,1H3,(H,22,25). The van der Waals surface area contributed by atoms with Crippen LogP contribution < -0.4 is 5.32 Å². The van der Waals surface area contributed by atoms with Crippen LogP contribution in [0.4, 0.5) is 4.79 Å². The van der Waals surface area contributed by atoms with Crippen LogP contribution in [0.15, 0.2) is 36.5 Å². The molecule has 1 aromatic carbocycles. The molecular formula is C20H26N4O. The second-order valence-electron chi connectivity index (χ2n) is 7.28. The first-order valence-corrected chi connectivity index (χ1v) is 9.34. The van der Waals surface area contributed by atoms with Crippen LogP contribution in [-0.2, 0) is 13.0 Å². The Hall–Kier alpha value is -2.30. The molecule has 5 nitrogen and oxygen atoms in total. The maximum absolute atomic E-state index is 12.5. The Morgan fingerprint density at radius 1 is 1.24 bits per heavy atom. The number of urea groups is 1. The van der Waals surface area contributed by atoms with Gasteiger partial charge in [-0.3, -0.25) is 4.68 Å². The van der Waals surface area contributed by atoms with Crippen molar-refractivity contribution in [2.75, 3.05) is 7.05 Å². The van der Waals surface area contributed by atoms with E-state index < -0.39 is 0 Å². The van der Waals surface area contributed by atoms with Gasteiger partial charge in [-0.25, -0.2) is 4.79 Å². The summed E-state index contributed by atoms with van der Waals surface area (Å²) >= 11 is 0. The Bertz CT molecular complexity index is 735. The highest BCUT2D eigenvalue weighted by Gasteiger charge is 2.30. The topological polar surface area (TPSA) is 50.2 Å². The maximum atomic E-state index is 12.5. The van der Waals surface area contributed by atoms with Crippen LogP contribution in [0.25, 0.3) is 0 Å². The number of hydrogen-bond donors (Lipinski definition) is 1. The average Bonchev–Trinajstić information content (AvgIpc) is 2.98. The van der Waals surface area contributed by atoms with E-state index in [1.807, 2.05) is 24.2 Å². The zero-order valence-electron chi connectivity index (χ0n) is 14.8. The van der Waals surface area contributed by atoms with Crippen molar-refractivity contribution < 1.29 is 4.79 Å². The summed E-state index contributed by atoms with van der Waals surface area (Å²) in [7, 11) is 1.92. The van der Waals surface area contributed by atoms with Crippen LogP contribution in [0.5, 0.6) is 0 Å². The number of aromatic nitrogens is 2. The SMILES string of the molecule is CN(C(=O)NC1CCCc2c1cnn2Cc1ccccc1)C1CCC1. The lowest BCUT2D eigenvalue weighted by atomic mass is 9.91. The highest BCUT2D eigenvalue weighted by Crippen LogP contribution is 2.31. The lowest BCUT2D eigenvalue weighted by Crippen LogP contribution is -2.47. The number of rotatable bonds is 4. The largest absolute Gasteiger partial charge is 0.331 e. The summed E-state index contributed by atoms with van der Waals surface area (Å²) in [6.45, 7) is 0.790. The Kier molecular flexibility index (Phi) is 4.47. The summed E-state index contributed by atoms with van der Waals surface area (Å²) in [5, 5.41) is 7.84. The van der Waals surface area contributed by atoms with Crippen molar-refractivity contribution >= 4 is 6.03 Å². The Labute approximate surface area is 149 Å². The summed E-state index contributed by atoms with van der Waals surface area (Å²) in [5.41, 5.74) is 3.72. The normalized spacial score (nSPS) is 19.8. The smallest absolute Gasteiger partial charge is 0.317 e. The van der Waals surface area contributed by atoms with Crippen LogP contribution in [0.2, 0.25) is 0 Å². The Balaban J connectivity index is 1.47. The van der Waals surface area contributed by atoms with Gasteiger partial charge in [0, 0.05) is 24.3 Å². The third-order valence-corrected chi connectivity index (χ3v) is 5.68. The minimum atomic E-state index is 0.0540. The molecule has 0 saturated heterocycles. The van der Waals surface area contributed by atoms with Gasteiger partial charge < -0.3 is 10.2 Å². The second-order valence-corrected chi connectivity index (χ2v) is 7.28. The molecule has 1 atom stereocenters. The minimum Gasteiger partial charge on any atom is -0.331 e. The number of carbonyl (C=O) groups is 1. The average molecular weight is 338 g/mol.